The van der Waals surface area contributed by atoms with Gasteiger partial charge in [0.05, 0.1) is 5.69 Å². The Morgan fingerprint density at radius 3 is 2.68 bits per heavy atom. The van der Waals surface area contributed by atoms with Crippen molar-refractivity contribution in [3.8, 4) is 0 Å². The van der Waals surface area contributed by atoms with Gasteiger partial charge in [-0.2, -0.15) is 5.10 Å². The van der Waals surface area contributed by atoms with Crippen LogP contribution in [0.4, 0.5) is 5.82 Å². The molecule has 6 nitrogen and oxygen atoms in total. The van der Waals surface area contributed by atoms with E-state index in [2.05, 4.69) is 36.2 Å². The third-order valence-electron chi connectivity index (χ3n) is 2.84. The molecule has 2 aromatic heterocycles. The van der Waals surface area contributed by atoms with Gasteiger partial charge in [0, 0.05) is 25.0 Å². The lowest BCUT2D eigenvalue weighted by Crippen LogP contribution is -2.15. The summed E-state index contributed by atoms with van der Waals surface area (Å²) in [5.41, 5.74) is 7.00. The number of hydrogen-bond donors (Lipinski definition) is 2. The smallest absolute Gasteiger partial charge is 0.276 e. The van der Waals surface area contributed by atoms with Crippen LogP contribution in [-0.2, 0) is 20.0 Å². The van der Waals surface area contributed by atoms with Crippen molar-refractivity contribution in [1.82, 2.24) is 14.8 Å². The molecule has 2 heterocycles. The Labute approximate surface area is 140 Å². The number of halogens is 1. The van der Waals surface area contributed by atoms with E-state index in [-0.39, 0.29) is 23.7 Å². The molecule has 2 aromatic rings. The first-order valence-corrected chi connectivity index (χ1v) is 7.65. The van der Waals surface area contributed by atoms with Crippen LogP contribution >= 0.6 is 23.7 Å². The maximum Gasteiger partial charge on any atom is 0.276 e. The van der Waals surface area contributed by atoms with Crippen molar-refractivity contribution in [3.63, 3.8) is 0 Å². The van der Waals surface area contributed by atoms with Gasteiger partial charge in [-0.3, -0.25) is 9.48 Å². The first kappa shape index (κ1) is 18.6. The number of nitrogens with two attached hydrogens (primary N) is 1. The minimum absolute atomic E-state index is 0. The van der Waals surface area contributed by atoms with Gasteiger partial charge < -0.3 is 11.1 Å². The number of nitrogens with zero attached hydrogens (tertiary/aromatic N) is 3. The standard InChI is InChI=1S/C14H21N5OS.ClH/c1-14(2,3)6-9-5-11(19(4)18-9)17-13(20)10-8-21-12(7-15)16-10;/h5,8H,6-7,15H2,1-4H3,(H,17,20);1H. The quantitative estimate of drug-likeness (QED) is 0.893. The number of nitrogens with one attached hydrogen (secondary N) is 1. The summed E-state index contributed by atoms with van der Waals surface area (Å²) in [7, 11) is 1.81. The highest BCUT2D eigenvalue weighted by atomic mass is 35.5. The largest absolute Gasteiger partial charge is 0.325 e. The molecule has 0 aromatic carbocycles. The molecule has 3 N–H and O–H groups in total. The van der Waals surface area contributed by atoms with Gasteiger partial charge >= 0.3 is 0 Å². The SMILES string of the molecule is Cl.Cn1nc(CC(C)(C)C)cc1NC(=O)c1csc(CN)n1. The molecule has 0 aliphatic heterocycles. The van der Waals surface area contributed by atoms with Crippen LogP contribution in [0, 0.1) is 5.41 Å². The number of aromatic nitrogens is 3. The van der Waals surface area contributed by atoms with Gasteiger partial charge in [0.25, 0.3) is 5.91 Å². The highest BCUT2D eigenvalue weighted by molar-refractivity contribution is 7.09. The summed E-state index contributed by atoms with van der Waals surface area (Å²) in [6, 6.07) is 1.90. The van der Waals surface area contributed by atoms with E-state index >= 15 is 0 Å². The predicted octanol–water partition coefficient (Wildman–Crippen LogP) is 2.60. The second kappa shape index (κ2) is 7.21. The molecule has 0 aliphatic rings. The minimum atomic E-state index is -0.240. The monoisotopic (exact) mass is 343 g/mol. The molecule has 2 rings (SSSR count). The number of aryl methyl sites for hydroxylation is 1. The van der Waals surface area contributed by atoms with E-state index in [0.717, 1.165) is 17.1 Å². The van der Waals surface area contributed by atoms with Crippen LogP contribution in [0.2, 0.25) is 0 Å². The van der Waals surface area contributed by atoms with E-state index in [9.17, 15) is 4.79 Å². The zero-order valence-corrected chi connectivity index (χ0v) is 14.8. The predicted molar refractivity (Wildman–Crippen MR) is 91.6 cm³/mol. The fourth-order valence-corrected chi connectivity index (χ4v) is 2.62. The van der Waals surface area contributed by atoms with E-state index in [1.165, 1.54) is 11.3 Å². The number of rotatable bonds is 4. The van der Waals surface area contributed by atoms with Gasteiger partial charge in [-0.1, -0.05) is 20.8 Å². The molecule has 1 amide bonds. The third-order valence-corrected chi connectivity index (χ3v) is 3.71. The number of anilines is 1. The Balaban J connectivity index is 0.00000242. The Hall–Kier alpha value is -1.44. The van der Waals surface area contributed by atoms with Gasteiger partial charge in [-0.05, 0) is 11.8 Å². The minimum Gasteiger partial charge on any atom is -0.325 e. The van der Waals surface area contributed by atoms with Crippen molar-refractivity contribution in [3.05, 3.63) is 27.8 Å². The highest BCUT2D eigenvalue weighted by Gasteiger charge is 2.17. The molecule has 8 heteroatoms. The summed E-state index contributed by atoms with van der Waals surface area (Å²) in [6.07, 6.45) is 0.852. The highest BCUT2D eigenvalue weighted by Crippen LogP contribution is 2.22. The first-order chi connectivity index (χ1) is 9.78. The van der Waals surface area contributed by atoms with Crippen LogP contribution in [0.25, 0.3) is 0 Å². The number of carbonyl (C=O) groups excluding carboxylic acids is 1. The fourth-order valence-electron chi connectivity index (χ4n) is 1.96. The molecular formula is C14H22ClN5OS. The van der Waals surface area contributed by atoms with Crippen LogP contribution < -0.4 is 11.1 Å². The van der Waals surface area contributed by atoms with Gasteiger partial charge in [0.2, 0.25) is 0 Å². The van der Waals surface area contributed by atoms with Crippen molar-refractivity contribution >= 4 is 35.5 Å². The molecule has 0 saturated heterocycles. The second-order valence-electron chi connectivity index (χ2n) is 6.17. The normalized spacial score (nSPS) is 11.1. The van der Waals surface area contributed by atoms with Gasteiger partial charge in [0.15, 0.2) is 0 Å². The molecule has 0 spiro atoms. The fraction of sp³-hybridized carbons (Fsp3) is 0.500. The second-order valence-corrected chi connectivity index (χ2v) is 7.11. The van der Waals surface area contributed by atoms with Crippen molar-refractivity contribution < 1.29 is 4.79 Å². The van der Waals surface area contributed by atoms with Crippen LogP contribution in [0.5, 0.6) is 0 Å². The average Bonchev–Trinajstić information content (AvgIpc) is 2.95. The Morgan fingerprint density at radius 2 is 2.14 bits per heavy atom. The zero-order valence-electron chi connectivity index (χ0n) is 13.2. The van der Waals surface area contributed by atoms with Crippen molar-refractivity contribution in [1.29, 1.82) is 0 Å². The van der Waals surface area contributed by atoms with E-state index in [0.29, 0.717) is 18.1 Å². The Kier molecular flexibility index (Phi) is 6.10. The summed E-state index contributed by atoms with van der Waals surface area (Å²) in [5, 5.41) is 9.72. The van der Waals surface area contributed by atoms with E-state index in [4.69, 9.17) is 5.73 Å². The molecule has 0 bridgehead atoms. The summed E-state index contributed by atoms with van der Waals surface area (Å²) in [6.45, 7) is 6.82. The maximum atomic E-state index is 12.1. The van der Waals surface area contributed by atoms with Crippen molar-refractivity contribution in [2.45, 2.75) is 33.7 Å². The van der Waals surface area contributed by atoms with Gasteiger partial charge in [0.1, 0.15) is 16.5 Å². The lowest BCUT2D eigenvalue weighted by atomic mass is 9.91. The lowest BCUT2D eigenvalue weighted by molar-refractivity contribution is 0.102. The van der Waals surface area contributed by atoms with Crippen molar-refractivity contribution in [2.75, 3.05) is 5.32 Å². The summed E-state index contributed by atoms with van der Waals surface area (Å²) < 4.78 is 1.68. The Bertz CT molecular complexity index is 644. The van der Waals surface area contributed by atoms with Gasteiger partial charge in [-0.25, -0.2) is 4.98 Å². The maximum absolute atomic E-state index is 12.1. The Morgan fingerprint density at radius 1 is 1.45 bits per heavy atom. The summed E-state index contributed by atoms with van der Waals surface area (Å²) in [5.74, 6) is 0.429. The van der Waals surface area contributed by atoms with Crippen molar-refractivity contribution in [2.24, 2.45) is 18.2 Å². The van der Waals surface area contributed by atoms with Crippen LogP contribution in [0.3, 0.4) is 0 Å². The van der Waals surface area contributed by atoms with E-state index in [1.807, 2.05) is 13.1 Å². The molecule has 0 radical (unpaired) electrons. The number of thiazole rings is 1. The zero-order chi connectivity index (χ0) is 15.6. The number of amides is 1. The molecule has 122 valence electrons. The molecule has 0 aliphatic carbocycles. The lowest BCUT2D eigenvalue weighted by Gasteiger charge is -2.15. The molecule has 0 unspecified atom stereocenters. The molecular weight excluding hydrogens is 322 g/mol. The van der Waals surface area contributed by atoms with Crippen LogP contribution in [0.1, 0.15) is 42.0 Å². The molecule has 22 heavy (non-hydrogen) atoms. The van der Waals surface area contributed by atoms with E-state index in [1.54, 1.807) is 10.1 Å². The van der Waals surface area contributed by atoms with Gasteiger partial charge in [-0.15, -0.1) is 23.7 Å². The molecule has 0 saturated carbocycles. The summed E-state index contributed by atoms with van der Waals surface area (Å²) in [4.78, 5) is 16.3. The molecule has 0 atom stereocenters. The average molecular weight is 344 g/mol. The van der Waals surface area contributed by atoms with Crippen LogP contribution in [-0.4, -0.2) is 20.7 Å². The first-order valence-electron chi connectivity index (χ1n) is 6.77. The third kappa shape index (κ3) is 4.79. The summed E-state index contributed by atoms with van der Waals surface area (Å²) >= 11 is 1.39. The van der Waals surface area contributed by atoms with Crippen LogP contribution in [0.15, 0.2) is 11.4 Å². The number of hydrogen-bond acceptors (Lipinski definition) is 5. The molecule has 0 fully saturated rings. The number of carbonyl (C=O) groups is 1. The topological polar surface area (TPSA) is 85.8 Å². The van der Waals surface area contributed by atoms with E-state index < -0.39 is 0 Å².